The number of nitrogens with one attached hydrogen (secondary N) is 2. The van der Waals surface area contributed by atoms with Gasteiger partial charge < -0.3 is 14.8 Å². The van der Waals surface area contributed by atoms with Gasteiger partial charge in [-0.25, -0.2) is 14.4 Å². The minimum Gasteiger partial charge on any atom is -0.462 e. The number of ether oxygens (including phenoxy) is 2. The molecule has 9 heteroatoms. The maximum atomic E-state index is 12.4. The number of hydrogen-bond acceptors (Lipinski definition) is 7. The van der Waals surface area contributed by atoms with Gasteiger partial charge >= 0.3 is 18.0 Å². The lowest BCUT2D eigenvalue weighted by Crippen LogP contribution is -2.53. The van der Waals surface area contributed by atoms with E-state index in [0.29, 0.717) is 10.4 Å². The fraction of sp³-hybridized carbons (Fsp3) is 0.556. The van der Waals surface area contributed by atoms with Gasteiger partial charge in [0, 0.05) is 0 Å². The second-order valence-electron chi connectivity index (χ2n) is 7.30. The average molecular weight is 395 g/mol. The maximum absolute atomic E-state index is 12.4. The van der Waals surface area contributed by atoms with Crippen molar-refractivity contribution < 1.29 is 23.9 Å². The Morgan fingerprint density at radius 1 is 1.19 bits per heavy atom. The van der Waals surface area contributed by atoms with Crippen LogP contribution in [-0.2, 0) is 14.3 Å². The van der Waals surface area contributed by atoms with Crippen molar-refractivity contribution in [2.45, 2.75) is 59.6 Å². The van der Waals surface area contributed by atoms with Crippen molar-refractivity contribution in [1.82, 2.24) is 5.32 Å². The SMILES string of the molecule is CCOC(=O)c1c(NC(=O)NC(C)(C)C(=O)OC(C)(C)C)sc(C#N)c1C. The van der Waals surface area contributed by atoms with Crippen molar-refractivity contribution in [1.29, 1.82) is 5.26 Å². The predicted octanol–water partition coefficient (Wildman–Crippen LogP) is 3.35. The van der Waals surface area contributed by atoms with E-state index in [1.165, 1.54) is 13.8 Å². The molecule has 0 spiro atoms. The Morgan fingerprint density at radius 3 is 2.26 bits per heavy atom. The zero-order chi connectivity index (χ0) is 21.0. The van der Waals surface area contributed by atoms with Gasteiger partial charge in [-0.3, -0.25) is 5.32 Å². The number of nitrogens with zero attached hydrogens (tertiary/aromatic N) is 1. The Hall–Kier alpha value is -2.60. The highest BCUT2D eigenvalue weighted by atomic mass is 32.1. The molecule has 8 nitrogen and oxygen atoms in total. The predicted molar refractivity (Wildman–Crippen MR) is 102 cm³/mol. The normalized spacial score (nSPS) is 11.3. The van der Waals surface area contributed by atoms with Gasteiger partial charge in [-0.05, 0) is 54.0 Å². The number of carbonyl (C=O) groups is 3. The Balaban J connectivity index is 3.02. The van der Waals surface area contributed by atoms with Crippen LogP contribution in [0, 0.1) is 18.3 Å². The number of amides is 2. The zero-order valence-corrected chi connectivity index (χ0v) is 17.4. The highest BCUT2D eigenvalue weighted by Crippen LogP contribution is 2.33. The van der Waals surface area contributed by atoms with Gasteiger partial charge in [0.05, 0.1) is 12.2 Å². The largest absolute Gasteiger partial charge is 0.462 e. The molecule has 0 fully saturated rings. The Bertz CT molecular complexity index is 784. The fourth-order valence-corrected chi connectivity index (χ4v) is 3.02. The molecule has 1 heterocycles. The number of nitriles is 1. The quantitative estimate of drug-likeness (QED) is 0.738. The van der Waals surface area contributed by atoms with Crippen LogP contribution < -0.4 is 10.6 Å². The Labute approximate surface area is 162 Å². The van der Waals surface area contributed by atoms with E-state index in [1.54, 1.807) is 34.6 Å². The van der Waals surface area contributed by atoms with Crippen molar-refractivity contribution in [3.63, 3.8) is 0 Å². The molecular weight excluding hydrogens is 370 g/mol. The molecule has 2 N–H and O–H groups in total. The molecule has 0 saturated heterocycles. The number of carbonyl (C=O) groups excluding carboxylic acids is 3. The van der Waals surface area contributed by atoms with Gasteiger partial charge in [0.2, 0.25) is 0 Å². The minimum atomic E-state index is -1.30. The summed E-state index contributed by atoms with van der Waals surface area (Å²) in [5.41, 5.74) is -1.44. The molecule has 0 unspecified atom stereocenters. The van der Waals surface area contributed by atoms with Crippen molar-refractivity contribution in [3.05, 3.63) is 16.0 Å². The second-order valence-corrected chi connectivity index (χ2v) is 8.32. The monoisotopic (exact) mass is 395 g/mol. The second kappa shape index (κ2) is 8.39. The Kier molecular flexibility index (Phi) is 6.98. The third kappa shape index (κ3) is 5.96. The smallest absolute Gasteiger partial charge is 0.341 e. The highest BCUT2D eigenvalue weighted by molar-refractivity contribution is 7.17. The molecule has 27 heavy (non-hydrogen) atoms. The molecule has 148 valence electrons. The van der Waals surface area contributed by atoms with Crippen molar-refractivity contribution in [2.24, 2.45) is 0 Å². The Morgan fingerprint density at radius 2 is 1.78 bits per heavy atom. The third-order valence-corrected chi connectivity index (χ3v) is 4.40. The molecule has 2 amide bonds. The van der Waals surface area contributed by atoms with Gasteiger partial charge in [0.15, 0.2) is 0 Å². The number of hydrogen-bond donors (Lipinski definition) is 2. The highest BCUT2D eigenvalue weighted by Gasteiger charge is 2.34. The zero-order valence-electron chi connectivity index (χ0n) is 16.6. The van der Waals surface area contributed by atoms with Crippen molar-refractivity contribution >= 4 is 34.3 Å². The number of esters is 2. The lowest BCUT2D eigenvalue weighted by Gasteiger charge is -2.29. The van der Waals surface area contributed by atoms with E-state index in [4.69, 9.17) is 9.47 Å². The summed E-state index contributed by atoms with van der Waals surface area (Å²) in [6, 6.07) is 1.28. The first-order chi connectivity index (χ1) is 12.3. The average Bonchev–Trinajstić information content (AvgIpc) is 2.80. The van der Waals surface area contributed by atoms with Crippen LogP contribution in [0.4, 0.5) is 9.80 Å². The van der Waals surface area contributed by atoms with Gasteiger partial charge in [-0.15, -0.1) is 11.3 Å². The van der Waals surface area contributed by atoms with Crippen molar-refractivity contribution in [3.8, 4) is 6.07 Å². The molecule has 1 aromatic heterocycles. The van der Waals surface area contributed by atoms with Crippen LogP contribution >= 0.6 is 11.3 Å². The molecular formula is C18H25N3O5S. The molecule has 0 aliphatic rings. The van der Waals surface area contributed by atoms with Gasteiger partial charge in [-0.1, -0.05) is 0 Å². The molecule has 0 radical (unpaired) electrons. The first kappa shape index (κ1) is 22.4. The fourth-order valence-electron chi connectivity index (χ4n) is 2.03. The summed E-state index contributed by atoms with van der Waals surface area (Å²) in [5, 5.41) is 14.4. The number of urea groups is 1. The van der Waals surface area contributed by atoms with E-state index in [1.807, 2.05) is 6.07 Å². The summed E-state index contributed by atoms with van der Waals surface area (Å²) >= 11 is 0.963. The summed E-state index contributed by atoms with van der Waals surface area (Å²) in [4.78, 5) is 37.1. The van der Waals surface area contributed by atoms with E-state index < -0.39 is 29.1 Å². The number of thiophene rings is 1. The van der Waals surface area contributed by atoms with Crippen LogP contribution in [0.5, 0.6) is 0 Å². The van der Waals surface area contributed by atoms with Gasteiger partial charge in [-0.2, -0.15) is 5.26 Å². The molecule has 0 bridgehead atoms. The van der Waals surface area contributed by atoms with Gasteiger partial charge in [0.1, 0.15) is 27.1 Å². The van der Waals surface area contributed by atoms with Crippen LogP contribution in [0.25, 0.3) is 0 Å². The first-order valence-electron chi connectivity index (χ1n) is 8.35. The topological polar surface area (TPSA) is 118 Å². The van der Waals surface area contributed by atoms with E-state index >= 15 is 0 Å². The number of rotatable bonds is 5. The maximum Gasteiger partial charge on any atom is 0.341 e. The first-order valence-corrected chi connectivity index (χ1v) is 9.17. The summed E-state index contributed by atoms with van der Waals surface area (Å²) in [6.45, 7) is 11.6. The number of anilines is 1. The summed E-state index contributed by atoms with van der Waals surface area (Å²) in [5.74, 6) is -1.23. The lowest BCUT2D eigenvalue weighted by atomic mass is 10.1. The molecule has 1 rings (SSSR count). The molecule has 0 aliphatic carbocycles. The summed E-state index contributed by atoms with van der Waals surface area (Å²) < 4.78 is 10.3. The van der Waals surface area contributed by atoms with Crippen LogP contribution in [0.15, 0.2) is 0 Å². The summed E-state index contributed by atoms with van der Waals surface area (Å²) in [6.07, 6.45) is 0. The van der Waals surface area contributed by atoms with Crippen LogP contribution in [0.1, 0.15) is 62.3 Å². The van der Waals surface area contributed by atoms with Crippen LogP contribution in [0.3, 0.4) is 0 Å². The van der Waals surface area contributed by atoms with E-state index in [-0.39, 0.29) is 17.2 Å². The van der Waals surface area contributed by atoms with Crippen molar-refractivity contribution in [2.75, 3.05) is 11.9 Å². The summed E-state index contributed by atoms with van der Waals surface area (Å²) in [7, 11) is 0. The standard InChI is InChI=1S/C18H25N3O5S/c1-8-25-14(22)12-10(2)11(9-19)27-13(12)20-16(24)21-18(6,7)15(23)26-17(3,4)5/h8H2,1-7H3,(H2,20,21,24). The molecule has 0 saturated carbocycles. The molecule has 0 aromatic carbocycles. The molecule has 1 aromatic rings. The van der Waals surface area contributed by atoms with E-state index in [2.05, 4.69) is 10.6 Å². The minimum absolute atomic E-state index is 0.128. The molecule has 0 aliphatic heterocycles. The third-order valence-electron chi connectivity index (χ3n) is 3.29. The van der Waals surface area contributed by atoms with Crippen LogP contribution in [-0.4, -0.2) is 35.7 Å². The molecule has 0 atom stereocenters. The van der Waals surface area contributed by atoms with Gasteiger partial charge in [0.25, 0.3) is 0 Å². The van der Waals surface area contributed by atoms with Crippen LogP contribution in [0.2, 0.25) is 0 Å². The van der Waals surface area contributed by atoms with E-state index in [0.717, 1.165) is 11.3 Å². The lowest BCUT2D eigenvalue weighted by molar-refractivity contribution is -0.161. The van der Waals surface area contributed by atoms with E-state index in [9.17, 15) is 19.6 Å².